The molecule has 0 aliphatic carbocycles. The van der Waals surface area contributed by atoms with Crippen molar-refractivity contribution in [3.63, 3.8) is 0 Å². The van der Waals surface area contributed by atoms with Crippen LogP contribution in [0.25, 0.3) is 10.9 Å². The summed E-state index contributed by atoms with van der Waals surface area (Å²) in [6.45, 7) is 2.53. The van der Waals surface area contributed by atoms with Gasteiger partial charge in [0.25, 0.3) is 0 Å². The Morgan fingerprint density at radius 1 is 1.46 bits per heavy atom. The van der Waals surface area contributed by atoms with E-state index in [9.17, 15) is 0 Å². The zero-order chi connectivity index (χ0) is 9.42. The van der Waals surface area contributed by atoms with Gasteiger partial charge >= 0.3 is 0 Å². The number of aromatic amines is 1. The molecule has 0 saturated heterocycles. The van der Waals surface area contributed by atoms with Crippen molar-refractivity contribution in [2.24, 2.45) is 5.73 Å². The summed E-state index contributed by atoms with van der Waals surface area (Å²) in [5.74, 6) is 0. The lowest BCUT2D eigenvalue weighted by Crippen LogP contribution is -1.94. The Balaban J connectivity index is 2.77. The number of nitrogens with one attached hydrogen (secondary N) is 1. The van der Waals surface area contributed by atoms with Crippen LogP contribution in [0.2, 0.25) is 5.02 Å². The molecule has 13 heavy (non-hydrogen) atoms. The summed E-state index contributed by atoms with van der Waals surface area (Å²) in [5, 5.41) is 1.92. The lowest BCUT2D eigenvalue weighted by atomic mass is 10.1. The number of hydrogen-bond donors (Lipinski definition) is 2. The van der Waals surface area contributed by atoms with E-state index in [1.54, 1.807) is 0 Å². The second-order valence-corrected chi connectivity index (χ2v) is 3.57. The summed E-state index contributed by atoms with van der Waals surface area (Å²) in [6.07, 6.45) is 1.93. The van der Waals surface area contributed by atoms with Crippen molar-refractivity contribution >= 4 is 22.5 Å². The van der Waals surface area contributed by atoms with Gasteiger partial charge in [-0.3, -0.25) is 0 Å². The molecule has 0 radical (unpaired) electrons. The number of aryl methyl sites for hydroxylation is 1. The maximum absolute atomic E-state index is 6.02. The molecule has 0 spiro atoms. The van der Waals surface area contributed by atoms with Crippen LogP contribution in [-0.2, 0) is 6.54 Å². The third kappa shape index (κ3) is 1.32. The first-order valence-electron chi connectivity index (χ1n) is 4.18. The summed E-state index contributed by atoms with van der Waals surface area (Å²) in [5.41, 5.74) is 8.88. The van der Waals surface area contributed by atoms with Gasteiger partial charge in [0.1, 0.15) is 0 Å². The van der Waals surface area contributed by atoms with Gasteiger partial charge in [0, 0.05) is 28.7 Å². The summed E-state index contributed by atoms with van der Waals surface area (Å²) in [7, 11) is 0. The molecule has 0 saturated carbocycles. The predicted octanol–water partition coefficient (Wildman–Crippen LogP) is 2.59. The van der Waals surface area contributed by atoms with Crippen molar-refractivity contribution in [3.05, 3.63) is 34.5 Å². The highest BCUT2D eigenvalue weighted by atomic mass is 35.5. The second-order valence-electron chi connectivity index (χ2n) is 3.17. The average molecular weight is 195 g/mol. The number of rotatable bonds is 1. The quantitative estimate of drug-likeness (QED) is 0.720. The average Bonchev–Trinajstić information content (AvgIpc) is 2.48. The molecular formula is C10H11ClN2. The Hall–Kier alpha value is -0.990. The number of fused-ring (bicyclic) bond motifs is 1. The van der Waals surface area contributed by atoms with Gasteiger partial charge in [-0.15, -0.1) is 0 Å². The van der Waals surface area contributed by atoms with E-state index in [2.05, 4.69) is 4.98 Å². The summed E-state index contributed by atoms with van der Waals surface area (Å²) >= 11 is 6.02. The molecule has 3 N–H and O–H groups in total. The molecule has 0 atom stereocenters. The van der Waals surface area contributed by atoms with E-state index < -0.39 is 0 Å². The van der Waals surface area contributed by atoms with Crippen molar-refractivity contribution in [2.45, 2.75) is 13.5 Å². The molecule has 2 nitrogen and oxygen atoms in total. The third-order valence-corrected chi connectivity index (χ3v) is 2.67. The Bertz CT molecular complexity index is 445. The molecule has 0 aliphatic rings. The largest absolute Gasteiger partial charge is 0.361 e. The number of H-pyrrole nitrogens is 1. The Labute approximate surface area is 81.7 Å². The molecule has 2 rings (SSSR count). The van der Waals surface area contributed by atoms with Crippen LogP contribution in [0.1, 0.15) is 11.1 Å². The lowest BCUT2D eigenvalue weighted by Gasteiger charge is -1.99. The fourth-order valence-corrected chi connectivity index (χ4v) is 1.64. The molecule has 1 aromatic carbocycles. The SMILES string of the molecule is Cc1cc2[nH]cc(CN)c2cc1Cl. The Morgan fingerprint density at radius 2 is 2.23 bits per heavy atom. The molecule has 68 valence electrons. The fraction of sp³-hybridized carbons (Fsp3) is 0.200. The minimum Gasteiger partial charge on any atom is -0.361 e. The van der Waals surface area contributed by atoms with Gasteiger partial charge in [0.2, 0.25) is 0 Å². The van der Waals surface area contributed by atoms with Crippen molar-refractivity contribution < 1.29 is 0 Å². The van der Waals surface area contributed by atoms with Gasteiger partial charge in [-0.25, -0.2) is 0 Å². The first-order chi connectivity index (χ1) is 6.22. The molecule has 1 heterocycles. The van der Waals surface area contributed by atoms with Crippen molar-refractivity contribution in [3.8, 4) is 0 Å². The molecule has 0 unspecified atom stereocenters. The summed E-state index contributed by atoms with van der Waals surface area (Å²) in [4.78, 5) is 3.17. The minimum absolute atomic E-state index is 0.541. The molecule has 2 aromatic rings. The van der Waals surface area contributed by atoms with E-state index in [0.717, 1.165) is 27.1 Å². The number of halogens is 1. The number of hydrogen-bond acceptors (Lipinski definition) is 1. The number of aromatic nitrogens is 1. The van der Waals surface area contributed by atoms with Crippen LogP contribution in [0.5, 0.6) is 0 Å². The first kappa shape index (κ1) is 8.60. The van der Waals surface area contributed by atoms with Crippen LogP contribution >= 0.6 is 11.6 Å². The van der Waals surface area contributed by atoms with E-state index >= 15 is 0 Å². The highest BCUT2D eigenvalue weighted by Gasteiger charge is 2.04. The topological polar surface area (TPSA) is 41.8 Å². The maximum Gasteiger partial charge on any atom is 0.0461 e. The lowest BCUT2D eigenvalue weighted by molar-refractivity contribution is 1.08. The fourth-order valence-electron chi connectivity index (χ4n) is 1.48. The normalized spacial score (nSPS) is 11.0. The molecular weight excluding hydrogens is 184 g/mol. The third-order valence-electron chi connectivity index (χ3n) is 2.27. The van der Waals surface area contributed by atoms with E-state index in [-0.39, 0.29) is 0 Å². The number of nitrogens with two attached hydrogens (primary N) is 1. The monoisotopic (exact) mass is 194 g/mol. The highest BCUT2D eigenvalue weighted by molar-refractivity contribution is 6.32. The van der Waals surface area contributed by atoms with Crippen LogP contribution in [0.4, 0.5) is 0 Å². The number of benzene rings is 1. The zero-order valence-corrected chi connectivity index (χ0v) is 8.15. The van der Waals surface area contributed by atoms with E-state index in [1.807, 2.05) is 25.3 Å². The van der Waals surface area contributed by atoms with Gasteiger partial charge < -0.3 is 10.7 Å². The van der Waals surface area contributed by atoms with E-state index in [0.29, 0.717) is 6.54 Å². The van der Waals surface area contributed by atoms with E-state index in [4.69, 9.17) is 17.3 Å². The molecule has 0 amide bonds. The van der Waals surface area contributed by atoms with E-state index in [1.165, 1.54) is 0 Å². The second kappa shape index (κ2) is 3.05. The van der Waals surface area contributed by atoms with Gasteiger partial charge in [-0.2, -0.15) is 0 Å². The predicted molar refractivity (Wildman–Crippen MR) is 55.9 cm³/mol. The Kier molecular flexibility index (Phi) is 2.02. The highest BCUT2D eigenvalue weighted by Crippen LogP contribution is 2.25. The van der Waals surface area contributed by atoms with Gasteiger partial charge in [-0.1, -0.05) is 11.6 Å². The Morgan fingerprint density at radius 3 is 2.92 bits per heavy atom. The van der Waals surface area contributed by atoms with Crippen LogP contribution in [0, 0.1) is 6.92 Å². The van der Waals surface area contributed by atoms with Crippen molar-refractivity contribution in [1.82, 2.24) is 4.98 Å². The van der Waals surface area contributed by atoms with Crippen molar-refractivity contribution in [2.75, 3.05) is 0 Å². The maximum atomic E-state index is 6.02. The standard InChI is InChI=1S/C10H11ClN2/c1-6-2-10-8(3-9(6)11)7(4-12)5-13-10/h2-3,5,13H,4,12H2,1H3. The van der Waals surface area contributed by atoms with Crippen LogP contribution in [0.15, 0.2) is 18.3 Å². The zero-order valence-electron chi connectivity index (χ0n) is 7.39. The van der Waals surface area contributed by atoms with Gasteiger partial charge in [-0.05, 0) is 30.2 Å². The van der Waals surface area contributed by atoms with Crippen LogP contribution < -0.4 is 5.73 Å². The summed E-state index contributed by atoms with van der Waals surface area (Å²) < 4.78 is 0. The molecule has 3 heteroatoms. The van der Waals surface area contributed by atoms with Crippen molar-refractivity contribution in [1.29, 1.82) is 0 Å². The van der Waals surface area contributed by atoms with Gasteiger partial charge in [0.15, 0.2) is 0 Å². The molecule has 0 bridgehead atoms. The molecule has 0 aliphatic heterocycles. The first-order valence-corrected chi connectivity index (χ1v) is 4.56. The van der Waals surface area contributed by atoms with Gasteiger partial charge in [0.05, 0.1) is 0 Å². The molecule has 1 aromatic heterocycles. The van der Waals surface area contributed by atoms with Crippen LogP contribution in [0.3, 0.4) is 0 Å². The smallest absolute Gasteiger partial charge is 0.0461 e. The summed E-state index contributed by atoms with van der Waals surface area (Å²) in [6, 6.07) is 4.00. The minimum atomic E-state index is 0.541. The molecule has 0 fully saturated rings. The van der Waals surface area contributed by atoms with Crippen LogP contribution in [-0.4, -0.2) is 4.98 Å².